The van der Waals surface area contributed by atoms with Crippen molar-refractivity contribution in [3.63, 3.8) is 0 Å². The minimum Gasteiger partial charge on any atom is -0.477 e. The Morgan fingerprint density at radius 3 is 1.50 bits per heavy atom. The van der Waals surface area contributed by atoms with Crippen LogP contribution in [0.1, 0.15) is 0 Å². The Balaban J connectivity index is 5.67. The van der Waals surface area contributed by atoms with Crippen molar-refractivity contribution in [2.75, 3.05) is 0 Å². The molecule has 0 aromatic rings. The van der Waals surface area contributed by atoms with Gasteiger partial charge in [-0.2, -0.15) is 43.5 Å². The maximum atomic E-state index is 12.4. The van der Waals surface area contributed by atoms with Crippen molar-refractivity contribution < 1.29 is 62.1 Å². The summed E-state index contributed by atoms with van der Waals surface area (Å²) in [7, 11) is -7.53. The van der Waals surface area contributed by atoms with Gasteiger partial charge in [0.2, 0.25) is 0 Å². The van der Waals surface area contributed by atoms with E-state index >= 15 is 0 Å². The van der Waals surface area contributed by atoms with Gasteiger partial charge in [-0.1, -0.05) is 3.89 Å². The summed E-state index contributed by atoms with van der Waals surface area (Å²) in [5.41, 5.74) is 0. The molecule has 0 fully saturated rings. The van der Waals surface area contributed by atoms with Gasteiger partial charge in [0.25, 0.3) is 0 Å². The second-order valence-electron chi connectivity index (χ2n) is 2.97. The molecule has 0 aromatic heterocycles. The van der Waals surface area contributed by atoms with Crippen LogP contribution in [0.25, 0.3) is 0 Å². The number of alkyl halides is 8. The van der Waals surface area contributed by atoms with Crippen molar-refractivity contribution in [2.45, 2.75) is 23.4 Å². The van der Waals surface area contributed by atoms with Gasteiger partial charge in [0.1, 0.15) is 0 Å². The van der Waals surface area contributed by atoms with Gasteiger partial charge in [0, 0.05) is 0 Å². The van der Waals surface area contributed by atoms with E-state index in [0.29, 0.717) is 0 Å². The minimum atomic E-state index is -7.53. The molecule has 0 unspecified atom stereocenters. The van der Waals surface area contributed by atoms with E-state index in [4.69, 9.17) is 5.11 Å². The maximum Gasteiger partial charge on any atom is 0.464 e. The molecule has 15 heteroatoms. The molecule has 0 atom stereocenters. The van der Waals surface area contributed by atoms with Crippen LogP contribution in [-0.4, -0.2) is 42.9 Å². The van der Waals surface area contributed by atoms with E-state index in [0.717, 1.165) is 0 Å². The smallest absolute Gasteiger partial charge is 0.464 e. The van der Waals surface area contributed by atoms with Crippen molar-refractivity contribution in [3.05, 3.63) is 0 Å². The average molecular weight is 344 g/mol. The van der Waals surface area contributed by atoms with E-state index in [1.165, 1.54) is 0 Å². The SMILES string of the molecule is O=C(O)C(F)(F)C(F)(F)OC(F)(F)C(F)(F)S(=O)(=O)F. The Bertz CT molecular complexity index is 497. The Morgan fingerprint density at radius 2 is 1.25 bits per heavy atom. The lowest BCUT2D eigenvalue weighted by Crippen LogP contribution is -2.57. The Morgan fingerprint density at radius 1 is 0.900 bits per heavy atom. The molecule has 0 rings (SSSR count). The fourth-order valence-electron chi connectivity index (χ4n) is 0.551. The number of halogens is 9. The molecular formula is C5HF9O5S. The highest BCUT2D eigenvalue weighted by Crippen LogP contribution is 2.47. The molecule has 0 aliphatic carbocycles. The number of carbonyl (C=O) groups is 1. The first-order chi connectivity index (χ1) is 8.40. The highest BCUT2D eigenvalue weighted by Gasteiger charge is 2.76. The van der Waals surface area contributed by atoms with Crippen molar-refractivity contribution in [1.82, 2.24) is 0 Å². The summed E-state index contributed by atoms with van der Waals surface area (Å²) in [6.45, 7) is 0. The summed E-state index contributed by atoms with van der Waals surface area (Å²) in [4.78, 5) is 9.67. The lowest BCUT2D eigenvalue weighted by atomic mass is 10.3. The van der Waals surface area contributed by atoms with E-state index in [9.17, 15) is 52.2 Å². The molecule has 0 aliphatic rings. The lowest BCUT2D eigenvalue weighted by Gasteiger charge is -2.29. The summed E-state index contributed by atoms with van der Waals surface area (Å²) < 4.78 is 131. The third-order valence-electron chi connectivity index (χ3n) is 1.54. The number of hydrogen-bond donors (Lipinski definition) is 1. The van der Waals surface area contributed by atoms with Gasteiger partial charge in [0.05, 0.1) is 0 Å². The van der Waals surface area contributed by atoms with Crippen LogP contribution in [0.15, 0.2) is 0 Å². The predicted octanol–water partition coefficient (Wildman–Crippen LogP) is 1.80. The molecule has 0 aromatic carbocycles. The Hall–Kier alpha value is -1.25. The lowest BCUT2D eigenvalue weighted by molar-refractivity contribution is -0.449. The van der Waals surface area contributed by atoms with Gasteiger partial charge in [-0.3, -0.25) is 0 Å². The Labute approximate surface area is 103 Å². The number of carboxylic acid groups (broad SMARTS) is 1. The predicted molar refractivity (Wildman–Crippen MR) is 38.5 cm³/mol. The zero-order valence-electron chi connectivity index (χ0n) is 8.39. The molecule has 120 valence electrons. The number of aliphatic carboxylic acids is 1. The van der Waals surface area contributed by atoms with Crippen LogP contribution < -0.4 is 0 Å². The second kappa shape index (κ2) is 4.64. The highest BCUT2D eigenvalue weighted by molar-refractivity contribution is 7.87. The first-order valence-electron chi connectivity index (χ1n) is 3.79. The van der Waals surface area contributed by atoms with Gasteiger partial charge >= 0.3 is 39.6 Å². The largest absolute Gasteiger partial charge is 0.477 e. The topological polar surface area (TPSA) is 80.7 Å². The molecular weight excluding hydrogens is 343 g/mol. The van der Waals surface area contributed by atoms with E-state index in [-0.39, 0.29) is 0 Å². The number of carboxylic acids is 1. The second-order valence-corrected chi connectivity index (χ2v) is 4.36. The standard InChI is InChI=1S/C5HF9O5S/c6-2(7,1(15)16)3(8,9)19-4(10,11)5(12,13)20(14,17)18/h(H,15,16). The van der Waals surface area contributed by atoms with Crippen molar-refractivity contribution >= 4 is 16.2 Å². The third kappa shape index (κ3) is 2.92. The molecule has 0 saturated heterocycles. The number of ether oxygens (including phenoxy) is 1. The van der Waals surface area contributed by atoms with Crippen LogP contribution in [0.2, 0.25) is 0 Å². The number of rotatable bonds is 6. The van der Waals surface area contributed by atoms with Crippen molar-refractivity contribution in [1.29, 1.82) is 0 Å². The van der Waals surface area contributed by atoms with Gasteiger partial charge in [-0.25, -0.2) is 9.53 Å². The first kappa shape index (κ1) is 18.8. The molecule has 0 radical (unpaired) electrons. The van der Waals surface area contributed by atoms with E-state index < -0.39 is 39.6 Å². The Kier molecular flexibility index (Phi) is 4.35. The molecule has 0 spiro atoms. The zero-order valence-corrected chi connectivity index (χ0v) is 9.21. The zero-order chi connectivity index (χ0) is 16.8. The van der Waals surface area contributed by atoms with Crippen LogP contribution in [0, 0.1) is 0 Å². The molecule has 0 saturated carbocycles. The van der Waals surface area contributed by atoms with Crippen molar-refractivity contribution in [2.24, 2.45) is 0 Å². The normalized spacial score (nSPS) is 15.2. The number of hydrogen-bond acceptors (Lipinski definition) is 4. The summed E-state index contributed by atoms with van der Waals surface area (Å²) in [5, 5.41) is 0.641. The van der Waals surface area contributed by atoms with Crippen LogP contribution in [0.3, 0.4) is 0 Å². The molecule has 0 heterocycles. The first-order valence-corrected chi connectivity index (χ1v) is 5.17. The quantitative estimate of drug-likeness (QED) is 0.587. The molecule has 20 heavy (non-hydrogen) atoms. The highest BCUT2D eigenvalue weighted by atomic mass is 32.3. The fourth-order valence-corrected chi connectivity index (χ4v) is 0.876. The van der Waals surface area contributed by atoms with Crippen LogP contribution >= 0.6 is 0 Å². The monoisotopic (exact) mass is 344 g/mol. The van der Waals surface area contributed by atoms with Gasteiger partial charge in [-0.05, 0) is 0 Å². The van der Waals surface area contributed by atoms with Crippen LogP contribution in [-0.2, 0) is 19.8 Å². The minimum absolute atomic E-state index is 1.58. The summed E-state index contributed by atoms with van der Waals surface area (Å²) in [6, 6.07) is 0. The van der Waals surface area contributed by atoms with E-state index in [1.54, 1.807) is 4.74 Å². The fraction of sp³-hybridized carbons (Fsp3) is 0.800. The summed E-state index contributed by atoms with van der Waals surface area (Å²) in [5.74, 6) is -10.2. The van der Waals surface area contributed by atoms with Crippen molar-refractivity contribution in [3.8, 4) is 0 Å². The molecule has 0 aliphatic heterocycles. The summed E-state index contributed by atoms with van der Waals surface area (Å²) >= 11 is 0. The van der Waals surface area contributed by atoms with Gasteiger partial charge in [0.15, 0.2) is 0 Å². The maximum absolute atomic E-state index is 12.4. The molecule has 1 N–H and O–H groups in total. The van der Waals surface area contributed by atoms with Crippen LogP contribution in [0.4, 0.5) is 39.0 Å². The third-order valence-corrected chi connectivity index (χ3v) is 2.39. The van der Waals surface area contributed by atoms with E-state index in [2.05, 4.69) is 0 Å². The average Bonchev–Trinajstić information content (AvgIpc) is 2.12. The van der Waals surface area contributed by atoms with Gasteiger partial charge < -0.3 is 5.11 Å². The van der Waals surface area contributed by atoms with E-state index in [1.807, 2.05) is 0 Å². The molecule has 0 bridgehead atoms. The van der Waals surface area contributed by atoms with Gasteiger partial charge in [-0.15, -0.1) is 0 Å². The summed E-state index contributed by atoms with van der Waals surface area (Å²) in [6.07, 6.45) is -13.8. The molecule has 0 amide bonds. The van der Waals surface area contributed by atoms with Crippen LogP contribution in [0.5, 0.6) is 0 Å². The molecule has 5 nitrogen and oxygen atoms in total.